The number of rotatable bonds is 5. The first-order valence-electron chi connectivity index (χ1n) is 11.0. The van der Waals surface area contributed by atoms with Gasteiger partial charge < -0.3 is 20.1 Å². The van der Waals surface area contributed by atoms with Crippen molar-refractivity contribution >= 4 is 28.9 Å². The van der Waals surface area contributed by atoms with E-state index in [1.165, 1.54) is 12.1 Å². The summed E-state index contributed by atoms with van der Waals surface area (Å²) in [6.07, 6.45) is -1.69. The number of anilines is 2. The molecule has 3 aromatic heterocycles. The molecule has 194 valence electrons. The SMILES string of the molecule is Fc1cccc(-n2cnc3c(NCc4ccccn4)nc(N4CCOCC4)nc32)c1.O=C(O)C(F)(F)F. The largest absolute Gasteiger partial charge is 0.490 e. The molecule has 0 amide bonds. The lowest BCUT2D eigenvalue weighted by Gasteiger charge is -2.27. The number of nitrogens with zero attached hydrogens (tertiary/aromatic N) is 6. The summed E-state index contributed by atoms with van der Waals surface area (Å²) >= 11 is 0. The molecule has 0 spiro atoms. The number of morpholine rings is 1. The number of hydrogen-bond donors (Lipinski definition) is 2. The number of pyridine rings is 1. The van der Waals surface area contributed by atoms with Gasteiger partial charge in [0, 0.05) is 19.3 Å². The number of imidazole rings is 1. The monoisotopic (exact) mass is 519 g/mol. The Morgan fingerprint density at radius 2 is 1.84 bits per heavy atom. The highest BCUT2D eigenvalue weighted by Crippen LogP contribution is 2.26. The second-order valence-electron chi connectivity index (χ2n) is 7.72. The third-order valence-electron chi connectivity index (χ3n) is 5.17. The van der Waals surface area contributed by atoms with Crippen LogP contribution in [0.4, 0.5) is 29.3 Å². The van der Waals surface area contributed by atoms with Crippen molar-refractivity contribution in [2.45, 2.75) is 12.7 Å². The Labute approximate surface area is 207 Å². The lowest BCUT2D eigenvalue weighted by atomic mass is 10.3. The molecule has 0 radical (unpaired) electrons. The number of carboxylic acid groups (broad SMARTS) is 1. The summed E-state index contributed by atoms with van der Waals surface area (Å²) in [6.45, 7) is 3.17. The minimum atomic E-state index is -5.08. The number of carbonyl (C=O) groups is 1. The van der Waals surface area contributed by atoms with Crippen molar-refractivity contribution in [2.75, 3.05) is 36.5 Å². The van der Waals surface area contributed by atoms with Crippen LogP contribution in [0.5, 0.6) is 0 Å². The molecule has 0 aliphatic carbocycles. The van der Waals surface area contributed by atoms with E-state index in [1.807, 2.05) is 24.3 Å². The number of halogens is 4. The molecule has 1 aromatic carbocycles. The highest BCUT2D eigenvalue weighted by atomic mass is 19.4. The number of hydrogen-bond acceptors (Lipinski definition) is 8. The zero-order valence-corrected chi connectivity index (χ0v) is 19.2. The van der Waals surface area contributed by atoms with E-state index in [1.54, 1.807) is 23.2 Å². The summed E-state index contributed by atoms with van der Waals surface area (Å²) in [7, 11) is 0. The summed E-state index contributed by atoms with van der Waals surface area (Å²) in [5.74, 6) is -1.87. The van der Waals surface area contributed by atoms with Gasteiger partial charge in [0.2, 0.25) is 5.95 Å². The average Bonchev–Trinajstić information content (AvgIpc) is 3.32. The maximum atomic E-state index is 13.8. The van der Waals surface area contributed by atoms with E-state index in [4.69, 9.17) is 24.6 Å². The van der Waals surface area contributed by atoms with E-state index in [2.05, 4.69) is 20.2 Å². The van der Waals surface area contributed by atoms with E-state index in [-0.39, 0.29) is 5.82 Å². The smallest absolute Gasteiger partial charge is 0.475 e. The van der Waals surface area contributed by atoms with E-state index >= 15 is 0 Å². The fourth-order valence-corrected chi connectivity index (χ4v) is 3.41. The summed E-state index contributed by atoms with van der Waals surface area (Å²) in [6, 6.07) is 12.1. The maximum absolute atomic E-state index is 13.8. The second-order valence-corrected chi connectivity index (χ2v) is 7.72. The van der Waals surface area contributed by atoms with Crippen LogP contribution in [0.15, 0.2) is 55.0 Å². The summed E-state index contributed by atoms with van der Waals surface area (Å²) < 4.78 is 52.8. The Hall–Kier alpha value is -4.33. The van der Waals surface area contributed by atoms with Gasteiger partial charge in [-0.2, -0.15) is 23.1 Å². The number of benzene rings is 1. The van der Waals surface area contributed by atoms with Crippen LogP contribution in [0.3, 0.4) is 0 Å². The molecule has 1 saturated heterocycles. The van der Waals surface area contributed by atoms with Crippen molar-refractivity contribution in [2.24, 2.45) is 0 Å². The Bertz CT molecular complexity index is 1360. The van der Waals surface area contributed by atoms with Crippen molar-refractivity contribution in [1.82, 2.24) is 24.5 Å². The van der Waals surface area contributed by atoms with Gasteiger partial charge in [0.05, 0.1) is 31.1 Å². The highest BCUT2D eigenvalue weighted by Gasteiger charge is 2.38. The van der Waals surface area contributed by atoms with Crippen molar-refractivity contribution in [3.8, 4) is 5.69 Å². The average molecular weight is 519 g/mol. The number of carboxylic acids is 1. The molecule has 14 heteroatoms. The number of fused-ring (bicyclic) bond motifs is 1. The Morgan fingerprint density at radius 3 is 2.49 bits per heavy atom. The van der Waals surface area contributed by atoms with Crippen LogP contribution in [0.2, 0.25) is 0 Å². The number of ether oxygens (including phenoxy) is 1. The summed E-state index contributed by atoms with van der Waals surface area (Å²) in [5, 5.41) is 10.5. The van der Waals surface area contributed by atoms with Gasteiger partial charge >= 0.3 is 12.1 Å². The van der Waals surface area contributed by atoms with Crippen LogP contribution in [-0.4, -0.2) is 68.1 Å². The fraction of sp³-hybridized carbons (Fsp3) is 0.261. The molecule has 0 saturated carbocycles. The topological polar surface area (TPSA) is 118 Å². The summed E-state index contributed by atoms with van der Waals surface area (Å²) in [5.41, 5.74) is 2.77. The standard InChI is InChI=1S/C21H20FN7O.C2HF3O2/c22-15-4-3-6-17(12-15)29-14-25-18-19(24-13-16-5-1-2-7-23-16)26-21(27-20(18)29)28-8-10-30-11-9-28;3-2(4,5)1(6)7/h1-7,12,14H,8-11,13H2,(H,24,26,27);(H,6,7). The van der Waals surface area contributed by atoms with Gasteiger partial charge in [-0.3, -0.25) is 9.55 Å². The van der Waals surface area contributed by atoms with Crippen molar-refractivity contribution < 1.29 is 32.2 Å². The van der Waals surface area contributed by atoms with Gasteiger partial charge in [0.15, 0.2) is 17.0 Å². The molecule has 0 unspecified atom stereocenters. The zero-order chi connectivity index (χ0) is 26.4. The third-order valence-corrected chi connectivity index (χ3v) is 5.17. The van der Waals surface area contributed by atoms with Crippen LogP contribution in [0.25, 0.3) is 16.9 Å². The predicted octanol–water partition coefficient (Wildman–Crippen LogP) is 3.43. The molecule has 4 aromatic rings. The van der Waals surface area contributed by atoms with Crippen molar-refractivity contribution in [1.29, 1.82) is 0 Å². The van der Waals surface area contributed by atoms with Gasteiger partial charge in [-0.25, -0.2) is 14.2 Å². The predicted molar refractivity (Wildman–Crippen MR) is 125 cm³/mol. The van der Waals surface area contributed by atoms with Gasteiger partial charge in [0.25, 0.3) is 0 Å². The molecule has 1 aliphatic heterocycles. The molecule has 5 rings (SSSR count). The van der Waals surface area contributed by atoms with Gasteiger partial charge in [-0.05, 0) is 30.3 Å². The Morgan fingerprint density at radius 1 is 1.08 bits per heavy atom. The number of aromatic nitrogens is 5. The summed E-state index contributed by atoms with van der Waals surface area (Å²) in [4.78, 5) is 29.3. The van der Waals surface area contributed by atoms with Crippen LogP contribution in [0, 0.1) is 5.82 Å². The maximum Gasteiger partial charge on any atom is 0.490 e. The van der Waals surface area contributed by atoms with Gasteiger partial charge in [0.1, 0.15) is 12.1 Å². The molecule has 1 fully saturated rings. The van der Waals surface area contributed by atoms with Crippen LogP contribution >= 0.6 is 0 Å². The lowest BCUT2D eigenvalue weighted by molar-refractivity contribution is -0.192. The van der Waals surface area contributed by atoms with Crippen LogP contribution in [0.1, 0.15) is 5.69 Å². The number of nitrogens with one attached hydrogen (secondary N) is 1. The van der Waals surface area contributed by atoms with E-state index < -0.39 is 12.1 Å². The quantitative estimate of drug-likeness (QED) is 0.382. The first kappa shape index (κ1) is 25.8. The van der Waals surface area contributed by atoms with E-state index in [0.29, 0.717) is 61.5 Å². The molecule has 10 nitrogen and oxygen atoms in total. The lowest BCUT2D eigenvalue weighted by Crippen LogP contribution is -2.37. The third kappa shape index (κ3) is 6.46. The molecule has 4 heterocycles. The minimum Gasteiger partial charge on any atom is -0.475 e. The van der Waals surface area contributed by atoms with Crippen molar-refractivity contribution in [3.63, 3.8) is 0 Å². The van der Waals surface area contributed by atoms with E-state index in [9.17, 15) is 17.6 Å². The molecule has 0 atom stereocenters. The fourth-order valence-electron chi connectivity index (χ4n) is 3.41. The minimum absolute atomic E-state index is 0.315. The molecule has 0 bridgehead atoms. The Kier molecular flexibility index (Phi) is 7.77. The normalized spacial score (nSPS) is 13.7. The van der Waals surface area contributed by atoms with Crippen LogP contribution in [-0.2, 0) is 16.1 Å². The second kappa shape index (κ2) is 11.2. The molecule has 1 aliphatic rings. The highest BCUT2D eigenvalue weighted by molar-refractivity contribution is 5.85. The zero-order valence-electron chi connectivity index (χ0n) is 19.2. The molecule has 2 N–H and O–H groups in total. The number of alkyl halides is 3. The van der Waals surface area contributed by atoms with Gasteiger partial charge in [-0.15, -0.1) is 0 Å². The Balaban J connectivity index is 0.000000405. The van der Waals surface area contributed by atoms with Crippen LogP contribution < -0.4 is 10.2 Å². The van der Waals surface area contributed by atoms with E-state index in [0.717, 1.165) is 5.69 Å². The molecular formula is C23H21F4N7O3. The van der Waals surface area contributed by atoms with Crippen molar-refractivity contribution in [3.05, 3.63) is 66.5 Å². The first-order valence-corrected chi connectivity index (χ1v) is 11.0. The molecule has 37 heavy (non-hydrogen) atoms. The van der Waals surface area contributed by atoms with Gasteiger partial charge in [-0.1, -0.05) is 12.1 Å². The first-order chi connectivity index (χ1) is 17.7. The number of aliphatic carboxylic acids is 1. The molecular weight excluding hydrogens is 498 g/mol.